The number of nitrogens with zero attached hydrogens (tertiary/aromatic N) is 1. The highest BCUT2D eigenvalue weighted by atomic mass is 127. The summed E-state index contributed by atoms with van der Waals surface area (Å²) < 4.78 is 30.5. The van der Waals surface area contributed by atoms with E-state index in [9.17, 15) is 0 Å². The van der Waals surface area contributed by atoms with Gasteiger partial charge in [-0.05, 0) is 60.4 Å². The van der Waals surface area contributed by atoms with Crippen molar-refractivity contribution in [2.24, 2.45) is 0 Å². The Morgan fingerprint density at radius 3 is 2.33 bits per heavy atom. The highest BCUT2D eigenvalue weighted by molar-refractivity contribution is 5.95. The zero-order chi connectivity index (χ0) is 23.9. The van der Waals surface area contributed by atoms with E-state index in [1.807, 2.05) is 18.2 Å². The van der Waals surface area contributed by atoms with Crippen molar-refractivity contribution in [1.82, 2.24) is 0 Å². The molecule has 2 aliphatic heterocycles. The van der Waals surface area contributed by atoms with Crippen LogP contribution in [0.4, 0.5) is 0 Å². The van der Waals surface area contributed by atoms with Crippen LogP contribution in [0.25, 0.3) is 22.0 Å². The van der Waals surface area contributed by atoms with Gasteiger partial charge in [0.15, 0.2) is 35.7 Å². The average molecular weight is 597 g/mol. The lowest BCUT2D eigenvalue weighted by atomic mass is 9.89. The van der Waals surface area contributed by atoms with E-state index in [0.717, 1.165) is 59.9 Å². The van der Waals surface area contributed by atoms with E-state index >= 15 is 0 Å². The second kappa shape index (κ2) is 10.0. The molecule has 4 aromatic rings. The topological polar surface area (TPSA) is 50.0 Å². The van der Waals surface area contributed by atoms with Gasteiger partial charge in [0.1, 0.15) is 5.75 Å². The minimum Gasteiger partial charge on any atom is -1.00 e. The molecule has 36 heavy (non-hydrogen) atoms. The fourth-order valence-corrected chi connectivity index (χ4v) is 5.32. The highest BCUT2D eigenvalue weighted by Crippen LogP contribution is 2.43. The maximum Gasteiger partial charge on any atom is 0.231 e. The van der Waals surface area contributed by atoms with Crippen molar-refractivity contribution in [3.63, 3.8) is 0 Å². The molecule has 0 fully saturated rings. The number of aromatic nitrogens is 1. The maximum absolute atomic E-state index is 5.83. The molecule has 1 aromatic heterocycles. The monoisotopic (exact) mass is 597 g/mol. The smallest absolute Gasteiger partial charge is 0.231 e. The molecule has 0 amide bonds. The molecule has 0 bridgehead atoms. The van der Waals surface area contributed by atoms with Crippen LogP contribution in [-0.4, -0.2) is 28.1 Å². The first-order chi connectivity index (χ1) is 17.2. The van der Waals surface area contributed by atoms with Crippen LogP contribution in [0.2, 0.25) is 0 Å². The van der Waals surface area contributed by atoms with Crippen molar-refractivity contribution in [3.8, 4) is 40.0 Å². The quantitative estimate of drug-likeness (QED) is 0.251. The Morgan fingerprint density at radius 2 is 1.61 bits per heavy atom. The molecule has 3 heterocycles. The van der Waals surface area contributed by atoms with Crippen LogP contribution < -0.4 is 52.2 Å². The number of methoxy groups -OCH3 is 3. The summed E-state index contributed by atoms with van der Waals surface area (Å²) in [6.07, 6.45) is 4.92. The normalized spacial score (nSPS) is 13.0. The van der Waals surface area contributed by atoms with Crippen molar-refractivity contribution in [3.05, 3.63) is 71.4 Å². The largest absolute Gasteiger partial charge is 1.00 e. The van der Waals surface area contributed by atoms with Gasteiger partial charge in [0.25, 0.3) is 0 Å². The minimum absolute atomic E-state index is 0. The number of fused-ring (bicyclic) bond motifs is 5. The number of aryl methyl sites for hydroxylation is 4. The van der Waals surface area contributed by atoms with E-state index < -0.39 is 0 Å². The molecule has 3 aromatic carbocycles. The van der Waals surface area contributed by atoms with Gasteiger partial charge in [0.05, 0.1) is 32.3 Å². The summed E-state index contributed by atoms with van der Waals surface area (Å²) in [6, 6.07) is 16.8. The third-order valence-corrected chi connectivity index (χ3v) is 7.07. The van der Waals surface area contributed by atoms with E-state index in [-0.39, 0.29) is 30.8 Å². The second-order valence-corrected chi connectivity index (χ2v) is 8.87. The fourth-order valence-electron chi connectivity index (χ4n) is 5.32. The molecule has 0 radical (unpaired) electrons. The van der Waals surface area contributed by atoms with Crippen LogP contribution in [0.15, 0.2) is 54.7 Å². The third-order valence-electron chi connectivity index (χ3n) is 7.07. The number of hydrogen-bond donors (Lipinski definition) is 0. The van der Waals surface area contributed by atoms with Gasteiger partial charge < -0.3 is 47.7 Å². The van der Waals surface area contributed by atoms with Gasteiger partial charge in [-0.15, -0.1) is 0 Å². The first-order valence-corrected chi connectivity index (χ1v) is 11.9. The molecular formula is C29H28INO5. The standard InChI is InChI=1S/C29H28NO5.HI/c1-31-20-7-4-18(5-8-20)6-9-22-21-10-11-25(32-2)29(33-3)24(21)16-30-13-12-19-14-26-27(35-17-34-26)15-23(19)28(22)30;/h4-5,7-8,10-11,14-16H,6,9,12-13,17H2,1-3H3;1H/q+1;/p-1. The van der Waals surface area contributed by atoms with Crippen molar-refractivity contribution < 1.29 is 52.2 Å². The van der Waals surface area contributed by atoms with E-state index in [0.29, 0.717) is 0 Å². The summed E-state index contributed by atoms with van der Waals surface area (Å²) in [5.41, 5.74) is 6.29. The molecule has 0 atom stereocenters. The zero-order valence-electron chi connectivity index (χ0n) is 20.6. The van der Waals surface area contributed by atoms with E-state index in [4.69, 9.17) is 23.7 Å². The number of benzene rings is 3. The molecule has 2 aliphatic rings. The lowest BCUT2D eigenvalue weighted by Gasteiger charge is -2.21. The predicted octanol–water partition coefficient (Wildman–Crippen LogP) is 1.89. The van der Waals surface area contributed by atoms with Crippen LogP contribution in [0.1, 0.15) is 16.7 Å². The molecule has 0 saturated heterocycles. The minimum atomic E-state index is 0. The van der Waals surface area contributed by atoms with Crippen LogP contribution in [-0.2, 0) is 25.8 Å². The number of hydrogen-bond acceptors (Lipinski definition) is 5. The van der Waals surface area contributed by atoms with E-state index in [1.54, 1.807) is 21.3 Å². The summed E-state index contributed by atoms with van der Waals surface area (Å²) in [5.74, 6) is 4.02. The predicted molar refractivity (Wildman–Crippen MR) is 133 cm³/mol. The zero-order valence-corrected chi connectivity index (χ0v) is 22.8. The van der Waals surface area contributed by atoms with Crippen molar-refractivity contribution in [1.29, 1.82) is 0 Å². The van der Waals surface area contributed by atoms with Gasteiger partial charge in [-0.3, -0.25) is 0 Å². The van der Waals surface area contributed by atoms with Crippen molar-refractivity contribution in [2.45, 2.75) is 25.8 Å². The Balaban J connectivity index is 0.00000267. The molecule has 0 spiro atoms. The van der Waals surface area contributed by atoms with Gasteiger partial charge in [-0.25, -0.2) is 0 Å². The van der Waals surface area contributed by atoms with Gasteiger partial charge >= 0.3 is 0 Å². The van der Waals surface area contributed by atoms with Crippen LogP contribution in [0.3, 0.4) is 0 Å². The van der Waals surface area contributed by atoms with E-state index in [1.165, 1.54) is 33.3 Å². The molecule has 0 saturated carbocycles. The maximum atomic E-state index is 5.83. The molecule has 186 valence electrons. The molecule has 6 nitrogen and oxygen atoms in total. The Hall–Kier alpha value is -3.20. The molecule has 0 unspecified atom stereocenters. The molecular weight excluding hydrogens is 569 g/mol. The van der Waals surface area contributed by atoms with E-state index in [2.05, 4.69) is 41.1 Å². The average Bonchev–Trinajstić information content (AvgIpc) is 3.36. The van der Waals surface area contributed by atoms with Gasteiger partial charge in [-0.2, -0.15) is 4.57 Å². The number of pyridine rings is 1. The van der Waals surface area contributed by atoms with Gasteiger partial charge in [0.2, 0.25) is 12.5 Å². The summed E-state index contributed by atoms with van der Waals surface area (Å²) in [5, 5.41) is 2.23. The van der Waals surface area contributed by atoms with Crippen LogP contribution in [0, 0.1) is 0 Å². The third kappa shape index (κ3) is 4.09. The summed E-state index contributed by atoms with van der Waals surface area (Å²) >= 11 is 0. The summed E-state index contributed by atoms with van der Waals surface area (Å²) in [4.78, 5) is 0. The van der Waals surface area contributed by atoms with Gasteiger partial charge in [-0.1, -0.05) is 12.1 Å². The molecule has 0 aliphatic carbocycles. The summed E-state index contributed by atoms with van der Waals surface area (Å²) in [6.45, 7) is 1.16. The lowest BCUT2D eigenvalue weighted by Crippen LogP contribution is -3.00. The second-order valence-electron chi connectivity index (χ2n) is 8.87. The first-order valence-electron chi connectivity index (χ1n) is 11.9. The molecule has 7 heteroatoms. The van der Waals surface area contributed by atoms with Crippen molar-refractivity contribution >= 4 is 10.8 Å². The Kier molecular flexibility index (Phi) is 6.83. The Morgan fingerprint density at radius 1 is 0.833 bits per heavy atom. The van der Waals surface area contributed by atoms with Crippen LogP contribution in [0.5, 0.6) is 28.7 Å². The number of ether oxygens (including phenoxy) is 5. The first kappa shape index (κ1) is 24.5. The lowest BCUT2D eigenvalue weighted by molar-refractivity contribution is -0.686. The van der Waals surface area contributed by atoms with Crippen molar-refractivity contribution in [2.75, 3.05) is 28.1 Å². The SMILES string of the molecule is COc1ccc(CCc2c3[n+](cc4c(OC)c(OC)ccc24)CCc2cc4c(cc2-3)OCO4)cc1.[I-]. The Bertz CT molecular complexity index is 1430. The molecule has 0 N–H and O–H groups in total. The summed E-state index contributed by atoms with van der Waals surface area (Å²) in [7, 11) is 5.08. The molecule has 6 rings (SSSR count). The van der Waals surface area contributed by atoms with Gasteiger partial charge in [0, 0.05) is 17.4 Å². The fraction of sp³-hybridized carbons (Fsp3) is 0.276. The number of halogens is 1. The highest BCUT2D eigenvalue weighted by Gasteiger charge is 2.32. The Labute approximate surface area is 227 Å². The van der Waals surface area contributed by atoms with Crippen LogP contribution >= 0.6 is 0 Å². The number of rotatable bonds is 6.